The van der Waals surface area contributed by atoms with Crippen molar-refractivity contribution in [3.05, 3.63) is 71.2 Å². The zero-order valence-corrected chi connectivity index (χ0v) is 22.5. The minimum Gasteiger partial charge on any atom is -0.493 e. The van der Waals surface area contributed by atoms with Gasteiger partial charge < -0.3 is 36.6 Å². The SMILES string of the molecule is COc1cc(-c2nc(Nc3ccc(N)c(C=N)c3Cl)n(-c3ccccc3)n2)ccc1OCC(=O)NC1CCNC1. The van der Waals surface area contributed by atoms with Crippen molar-refractivity contribution in [2.75, 3.05) is 37.9 Å². The first-order valence-electron chi connectivity index (χ1n) is 12.7. The van der Waals surface area contributed by atoms with E-state index in [2.05, 4.69) is 16.0 Å². The summed E-state index contributed by atoms with van der Waals surface area (Å²) in [6.07, 6.45) is 2.01. The molecule has 0 aliphatic carbocycles. The Balaban J connectivity index is 1.42. The number of halogens is 1. The van der Waals surface area contributed by atoms with Crippen LogP contribution in [-0.4, -0.2) is 59.7 Å². The van der Waals surface area contributed by atoms with Crippen molar-refractivity contribution in [2.45, 2.75) is 12.5 Å². The topological polar surface area (TPSA) is 152 Å². The molecule has 1 amide bonds. The van der Waals surface area contributed by atoms with Crippen molar-refractivity contribution < 1.29 is 14.3 Å². The van der Waals surface area contributed by atoms with Gasteiger partial charge in [-0.3, -0.25) is 4.79 Å². The first kappa shape index (κ1) is 27.0. The fraction of sp³-hybridized carbons (Fsp3) is 0.214. The number of nitrogens with one attached hydrogen (secondary N) is 4. The van der Waals surface area contributed by atoms with Crippen LogP contribution in [0.4, 0.5) is 17.3 Å². The summed E-state index contributed by atoms with van der Waals surface area (Å²) >= 11 is 6.53. The number of carbonyl (C=O) groups excluding carboxylic acids is 1. The third-order valence-electron chi connectivity index (χ3n) is 6.42. The molecule has 40 heavy (non-hydrogen) atoms. The Morgan fingerprint density at radius 3 is 2.77 bits per heavy atom. The lowest BCUT2D eigenvalue weighted by molar-refractivity contribution is -0.123. The van der Waals surface area contributed by atoms with Gasteiger partial charge in [-0.1, -0.05) is 29.8 Å². The summed E-state index contributed by atoms with van der Waals surface area (Å²) in [6.45, 7) is 1.53. The fourth-order valence-corrected chi connectivity index (χ4v) is 4.63. The van der Waals surface area contributed by atoms with Gasteiger partial charge >= 0.3 is 0 Å². The molecule has 11 nitrogen and oxygen atoms in total. The van der Waals surface area contributed by atoms with Gasteiger partial charge in [0, 0.05) is 35.6 Å². The van der Waals surface area contributed by atoms with E-state index < -0.39 is 0 Å². The Bertz CT molecular complexity index is 1520. The van der Waals surface area contributed by atoms with Crippen molar-refractivity contribution in [3.8, 4) is 28.6 Å². The Morgan fingerprint density at radius 1 is 1.23 bits per heavy atom. The van der Waals surface area contributed by atoms with E-state index >= 15 is 0 Å². The minimum atomic E-state index is -0.189. The van der Waals surface area contributed by atoms with Crippen molar-refractivity contribution in [2.24, 2.45) is 0 Å². The highest BCUT2D eigenvalue weighted by molar-refractivity contribution is 6.36. The maximum Gasteiger partial charge on any atom is 0.258 e. The summed E-state index contributed by atoms with van der Waals surface area (Å²) in [5, 5.41) is 22.1. The van der Waals surface area contributed by atoms with Crippen LogP contribution in [0.15, 0.2) is 60.7 Å². The van der Waals surface area contributed by atoms with Gasteiger partial charge in [0.15, 0.2) is 23.9 Å². The van der Waals surface area contributed by atoms with Crippen LogP contribution in [0.5, 0.6) is 11.5 Å². The van der Waals surface area contributed by atoms with Gasteiger partial charge in [0.25, 0.3) is 5.91 Å². The first-order chi connectivity index (χ1) is 19.5. The van der Waals surface area contributed by atoms with Crippen LogP contribution in [0.3, 0.4) is 0 Å². The Morgan fingerprint density at radius 2 is 2.05 bits per heavy atom. The minimum absolute atomic E-state index is 0.119. The van der Waals surface area contributed by atoms with E-state index in [1.807, 2.05) is 30.3 Å². The van der Waals surface area contributed by atoms with Crippen molar-refractivity contribution in [1.82, 2.24) is 25.4 Å². The molecule has 0 bridgehead atoms. The number of methoxy groups -OCH3 is 1. The molecule has 3 aromatic carbocycles. The van der Waals surface area contributed by atoms with E-state index in [4.69, 9.17) is 42.3 Å². The summed E-state index contributed by atoms with van der Waals surface area (Å²) in [7, 11) is 1.53. The monoisotopic (exact) mass is 560 g/mol. The molecule has 1 unspecified atom stereocenters. The highest BCUT2D eigenvalue weighted by Gasteiger charge is 2.19. The maximum absolute atomic E-state index is 12.3. The second-order valence-electron chi connectivity index (χ2n) is 9.12. The number of nitrogens with zero attached hydrogens (tertiary/aromatic N) is 3. The van der Waals surface area contributed by atoms with Crippen molar-refractivity contribution in [1.29, 1.82) is 5.41 Å². The zero-order chi connectivity index (χ0) is 28.1. The first-order valence-corrected chi connectivity index (χ1v) is 13.0. The molecule has 1 atom stereocenters. The summed E-state index contributed by atoms with van der Waals surface area (Å²) in [5.74, 6) is 1.50. The Labute approximate surface area is 236 Å². The highest BCUT2D eigenvalue weighted by atomic mass is 35.5. The van der Waals surface area contributed by atoms with E-state index in [1.165, 1.54) is 7.11 Å². The molecular weight excluding hydrogens is 532 g/mol. The number of nitrogens with two attached hydrogens (primary N) is 1. The molecular formula is C28H29ClN8O3. The normalized spacial score (nSPS) is 14.5. The predicted molar refractivity (Wildman–Crippen MR) is 155 cm³/mol. The Kier molecular flexibility index (Phi) is 8.13. The second-order valence-corrected chi connectivity index (χ2v) is 9.50. The van der Waals surface area contributed by atoms with Crippen molar-refractivity contribution in [3.63, 3.8) is 0 Å². The van der Waals surface area contributed by atoms with E-state index in [-0.39, 0.29) is 18.6 Å². The summed E-state index contributed by atoms with van der Waals surface area (Å²) in [4.78, 5) is 17.0. The summed E-state index contributed by atoms with van der Waals surface area (Å²) in [6, 6.07) is 18.3. The predicted octanol–water partition coefficient (Wildman–Crippen LogP) is 3.78. The lowest BCUT2D eigenvalue weighted by Gasteiger charge is -2.14. The van der Waals surface area contributed by atoms with E-state index in [0.29, 0.717) is 50.8 Å². The number of carbonyl (C=O) groups is 1. The fourth-order valence-electron chi connectivity index (χ4n) is 4.35. The molecule has 4 aromatic rings. The van der Waals surface area contributed by atoms with Gasteiger partial charge in [0.2, 0.25) is 5.95 Å². The molecule has 5 rings (SSSR count). The van der Waals surface area contributed by atoms with Gasteiger partial charge in [-0.15, -0.1) is 5.10 Å². The number of hydrogen-bond acceptors (Lipinski definition) is 9. The van der Waals surface area contributed by atoms with Crippen LogP contribution in [0.2, 0.25) is 5.02 Å². The van der Waals surface area contributed by atoms with Crippen LogP contribution in [-0.2, 0) is 4.79 Å². The average molecular weight is 561 g/mol. The third kappa shape index (κ3) is 5.85. The molecule has 0 spiro atoms. The van der Waals surface area contributed by atoms with E-state index in [0.717, 1.165) is 31.4 Å². The lowest BCUT2D eigenvalue weighted by Crippen LogP contribution is -2.39. The number of para-hydroxylation sites is 1. The van der Waals surface area contributed by atoms with Crippen LogP contribution < -0.4 is 31.2 Å². The largest absolute Gasteiger partial charge is 0.493 e. The van der Waals surface area contributed by atoms with Gasteiger partial charge in [-0.25, -0.2) is 0 Å². The third-order valence-corrected chi connectivity index (χ3v) is 6.83. The summed E-state index contributed by atoms with van der Waals surface area (Å²) < 4.78 is 13.0. The molecule has 1 fully saturated rings. The quantitative estimate of drug-likeness (QED) is 0.145. The van der Waals surface area contributed by atoms with E-state index in [9.17, 15) is 4.79 Å². The molecule has 12 heteroatoms. The number of ether oxygens (including phenoxy) is 2. The molecule has 6 N–H and O–H groups in total. The van der Waals surface area contributed by atoms with E-state index in [1.54, 1.807) is 35.0 Å². The second kappa shape index (κ2) is 12.1. The standard InChI is InChI=1S/C28H29ClN8O3/c1-39-24-13-17(7-10-23(24)40-16-25(38)33-18-11-12-32-15-18)27-35-28(37(36-27)19-5-3-2-4-6-19)34-22-9-8-21(31)20(14-30)26(22)29/h2-10,13-14,18,30,32H,11-12,15-16,31H2,1H3,(H,33,38)(H,34,35,36). The zero-order valence-electron chi connectivity index (χ0n) is 21.8. The van der Waals surface area contributed by atoms with Crippen LogP contribution in [0.1, 0.15) is 12.0 Å². The smallest absolute Gasteiger partial charge is 0.258 e. The number of nitrogen functional groups attached to an aromatic ring is 1. The molecule has 2 heterocycles. The van der Waals surface area contributed by atoms with Crippen LogP contribution in [0.25, 0.3) is 17.1 Å². The number of aromatic nitrogens is 3. The van der Waals surface area contributed by atoms with Crippen LogP contribution >= 0.6 is 11.6 Å². The average Bonchev–Trinajstić information content (AvgIpc) is 3.64. The van der Waals surface area contributed by atoms with Gasteiger partial charge in [0.1, 0.15) is 0 Å². The Hall–Kier alpha value is -4.61. The number of rotatable bonds is 10. The summed E-state index contributed by atoms with van der Waals surface area (Å²) in [5.41, 5.74) is 8.75. The van der Waals surface area contributed by atoms with Gasteiger partial charge in [0.05, 0.1) is 23.5 Å². The number of benzene rings is 3. The maximum atomic E-state index is 12.3. The number of hydrogen-bond donors (Lipinski definition) is 5. The number of amides is 1. The molecule has 0 radical (unpaired) electrons. The van der Waals surface area contributed by atoms with Gasteiger partial charge in [-0.2, -0.15) is 9.67 Å². The molecule has 0 saturated carbocycles. The molecule has 1 saturated heterocycles. The van der Waals surface area contributed by atoms with Crippen LogP contribution in [0, 0.1) is 5.41 Å². The lowest BCUT2D eigenvalue weighted by atomic mass is 10.1. The molecule has 1 aliphatic heterocycles. The van der Waals surface area contributed by atoms with Crippen molar-refractivity contribution >= 4 is 41.0 Å². The number of anilines is 3. The molecule has 1 aromatic heterocycles. The van der Waals surface area contributed by atoms with Gasteiger partial charge in [-0.05, 0) is 55.4 Å². The molecule has 1 aliphatic rings. The molecule has 206 valence electrons. The highest BCUT2D eigenvalue weighted by Crippen LogP contribution is 2.34.